The van der Waals surface area contributed by atoms with Crippen molar-refractivity contribution in [1.82, 2.24) is 4.90 Å². The van der Waals surface area contributed by atoms with Crippen molar-refractivity contribution >= 4 is 11.9 Å². The Morgan fingerprint density at radius 2 is 1.87 bits per heavy atom. The van der Waals surface area contributed by atoms with Gasteiger partial charge in [-0.25, -0.2) is 0 Å². The van der Waals surface area contributed by atoms with Gasteiger partial charge in [-0.15, -0.1) is 0 Å². The number of carbonyl (C=O) groups is 2. The molecule has 3 N–H and O–H groups in total. The largest absolute Gasteiger partial charge is 0.480 e. The summed E-state index contributed by atoms with van der Waals surface area (Å²) in [5, 5.41) is 8.74. The van der Waals surface area contributed by atoms with Crippen LogP contribution in [-0.2, 0) is 9.59 Å². The van der Waals surface area contributed by atoms with Crippen molar-refractivity contribution < 1.29 is 14.7 Å². The summed E-state index contributed by atoms with van der Waals surface area (Å²) in [6, 6.07) is 0. The van der Waals surface area contributed by atoms with Crippen LogP contribution in [-0.4, -0.2) is 40.5 Å². The lowest BCUT2D eigenvalue weighted by atomic mass is 10.0. The molecule has 15 heavy (non-hydrogen) atoms. The summed E-state index contributed by atoms with van der Waals surface area (Å²) in [6.07, 6.45) is 0. The van der Waals surface area contributed by atoms with Crippen LogP contribution in [0.15, 0.2) is 0 Å². The molecule has 0 heterocycles. The number of primary amides is 1. The first-order valence-corrected chi connectivity index (χ1v) is 4.90. The second kappa shape index (κ2) is 5.11. The Kier molecular flexibility index (Phi) is 4.74. The van der Waals surface area contributed by atoms with E-state index in [4.69, 9.17) is 10.8 Å². The van der Waals surface area contributed by atoms with Crippen LogP contribution >= 0.6 is 0 Å². The van der Waals surface area contributed by atoms with Gasteiger partial charge in [0, 0.05) is 18.0 Å². The standard InChI is InChI=1S/C10H20N2O3/c1-7(9(11)15)5-12(6-8(13)14)10(2,3)4/h7H,5-6H2,1-4H3,(H2,11,15)(H,13,14). The zero-order valence-electron chi connectivity index (χ0n) is 9.78. The molecule has 0 saturated heterocycles. The van der Waals surface area contributed by atoms with E-state index in [-0.39, 0.29) is 18.0 Å². The lowest BCUT2D eigenvalue weighted by Crippen LogP contribution is -2.48. The van der Waals surface area contributed by atoms with Gasteiger partial charge in [-0.3, -0.25) is 14.5 Å². The Bertz CT molecular complexity index is 246. The van der Waals surface area contributed by atoms with Crippen LogP contribution in [0.25, 0.3) is 0 Å². The number of nitrogens with zero attached hydrogens (tertiary/aromatic N) is 1. The maximum absolute atomic E-state index is 10.9. The molecule has 88 valence electrons. The molecule has 0 aliphatic heterocycles. The van der Waals surface area contributed by atoms with Crippen LogP contribution in [0.2, 0.25) is 0 Å². The minimum Gasteiger partial charge on any atom is -0.480 e. The predicted octanol–water partition coefficient (Wildman–Crippen LogP) is 0.293. The lowest BCUT2D eigenvalue weighted by molar-refractivity contribution is -0.140. The first-order chi connectivity index (χ1) is 6.64. The van der Waals surface area contributed by atoms with Gasteiger partial charge in [0.05, 0.1) is 6.54 Å². The molecule has 1 atom stereocenters. The molecule has 5 nitrogen and oxygen atoms in total. The van der Waals surface area contributed by atoms with Crippen LogP contribution in [0.5, 0.6) is 0 Å². The molecule has 0 aliphatic carbocycles. The number of carboxylic acid groups (broad SMARTS) is 1. The van der Waals surface area contributed by atoms with Gasteiger partial charge in [-0.2, -0.15) is 0 Å². The van der Waals surface area contributed by atoms with Crippen LogP contribution in [0.1, 0.15) is 27.7 Å². The van der Waals surface area contributed by atoms with E-state index in [1.807, 2.05) is 20.8 Å². The fourth-order valence-corrected chi connectivity index (χ4v) is 1.16. The van der Waals surface area contributed by atoms with Gasteiger partial charge >= 0.3 is 5.97 Å². The fraction of sp³-hybridized carbons (Fsp3) is 0.800. The van der Waals surface area contributed by atoms with Crippen LogP contribution in [0.3, 0.4) is 0 Å². The zero-order valence-corrected chi connectivity index (χ0v) is 9.78. The normalized spacial score (nSPS) is 13.9. The molecular formula is C10H20N2O3. The van der Waals surface area contributed by atoms with Gasteiger partial charge in [0.1, 0.15) is 0 Å². The Morgan fingerprint density at radius 1 is 1.40 bits per heavy atom. The molecule has 0 aromatic rings. The lowest BCUT2D eigenvalue weighted by Gasteiger charge is -2.35. The van der Waals surface area contributed by atoms with E-state index in [1.165, 1.54) is 0 Å². The van der Waals surface area contributed by atoms with Crippen molar-refractivity contribution in [3.8, 4) is 0 Å². The van der Waals surface area contributed by atoms with Gasteiger partial charge in [-0.1, -0.05) is 6.92 Å². The van der Waals surface area contributed by atoms with Crippen molar-refractivity contribution in [3.63, 3.8) is 0 Å². The second-order valence-electron chi connectivity index (χ2n) is 4.75. The smallest absolute Gasteiger partial charge is 0.317 e. The first kappa shape index (κ1) is 13.9. The summed E-state index contributed by atoms with van der Waals surface area (Å²) >= 11 is 0. The molecule has 0 bridgehead atoms. The molecular weight excluding hydrogens is 196 g/mol. The molecule has 0 aromatic heterocycles. The summed E-state index contributed by atoms with van der Waals surface area (Å²) < 4.78 is 0. The molecule has 0 rings (SSSR count). The van der Waals surface area contributed by atoms with Gasteiger partial charge in [0.25, 0.3) is 0 Å². The van der Waals surface area contributed by atoms with Crippen molar-refractivity contribution in [2.24, 2.45) is 11.7 Å². The Labute approximate surface area is 90.2 Å². The number of nitrogens with two attached hydrogens (primary N) is 1. The van der Waals surface area contributed by atoms with E-state index >= 15 is 0 Å². The van der Waals surface area contributed by atoms with E-state index in [0.717, 1.165) is 0 Å². The monoisotopic (exact) mass is 216 g/mol. The number of aliphatic carboxylic acids is 1. The molecule has 0 radical (unpaired) electrons. The van der Waals surface area contributed by atoms with Gasteiger partial charge < -0.3 is 10.8 Å². The van der Waals surface area contributed by atoms with E-state index < -0.39 is 11.9 Å². The number of hydrogen-bond donors (Lipinski definition) is 2. The Hall–Kier alpha value is -1.10. The Morgan fingerprint density at radius 3 is 2.13 bits per heavy atom. The van der Waals surface area contributed by atoms with Crippen LogP contribution < -0.4 is 5.73 Å². The zero-order chi connectivity index (χ0) is 12.2. The number of rotatable bonds is 5. The topological polar surface area (TPSA) is 83.6 Å². The average Bonchev–Trinajstić information content (AvgIpc) is 2.00. The predicted molar refractivity (Wildman–Crippen MR) is 57.3 cm³/mol. The molecule has 0 fully saturated rings. The van der Waals surface area contributed by atoms with Crippen molar-refractivity contribution in [3.05, 3.63) is 0 Å². The highest BCUT2D eigenvalue weighted by molar-refractivity contribution is 5.76. The highest BCUT2D eigenvalue weighted by Gasteiger charge is 2.26. The third kappa shape index (κ3) is 5.37. The van der Waals surface area contributed by atoms with Crippen LogP contribution in [0.4, 0.5) is 0 Å². The fourth-order valence-electron chi connectivity index (χ4n) is 1.16. The molecule has 0 aromatic carbocycles. The number of carbonyl (C=O) groups excluding carboxylic acids is 1. The highest BCUT2D eigenvalue weighted by Crippen LogP contribution is 2.14. The van der Waals surface area contributed by atoms with Gasteiger partial charge in [-0.05, 0) is 20.8 Å². The highest BCUT2D eigenvalue weighted by atomic mass is 16.4. The Balaban J connectivity index is 4.52. The number of carboxylic acids is 1. The maximum Gasteiger partial charge on any atom is 0.317 e. The summed E-state index contributed by atoms with van der Waals surface area (Å²) in [5.74, 6) is -1.65. The molecule has 0 spiro atoms. The maximum atomic E-state index is 10.9. The molecule has 1 unspecified atom stereocenters. The van der Waals surface area contributed by atoms with Crippen molar-refractivity contribution in [1.29, 1.82) is 0 Å². The molecule has 5 heteroatoms. The molecule has 1 amide bonds. The average molecular weight is 216 g/mol. The SMILES string of the molecule is CC(CN(CC(=O)O)C(C)(C)C)C(N)=O. The van der Waals surface area contributed by atoms with Crippen molar-refractivity contribution in [2.45, 2.75) is 33.2 Å². The summed E-state index contributed by atoms with van der Waals surface area (Å²) in [7, 11) is 0. The summed E-state index contributed by atoms with van der Waals surface area (Å²) in [5.41, 5.74) is 4.86. The summed E-state index contributed by atoms with van der Waals surface area (Å²) in [4.78, 5) is 23.3. The second-order valence-corrected chi connectivity index (χ2v) is 4.75. The minimum atomic E-state index is -0.901. The third-order valence-corrected chi connectivity index (χ3v) is 2.25. The van der Waals surface area contributed by atoms with E-state index in [2.05, 4.69) is 0 Å². The molecule has 0 aliphatic rings. The number of amides is 1. The quantitative estimate of drug-likeness (QED) is 0.692. The minimum absolute atomic E-state index is 0.0822. The van der Waals surface area contributed by atoms with E-state index in [0.29, 0.717) is 6.54 Å². The summed E-state index contributed by atoms with van der Waals surface area (Å²) in [6.45, 7) is 7.70. The first-order valence-electron chi connectivity index (χ1n) is 4.90. The van der Waals surface area contributed by atoms with E-state index in [1.54, 1.807) is 11.8 Å². The van der Waals surface area contributed by atoms with Crippen LogP contribution in [0, 0.1) is 5.92 Å². The van der Waals surface area contributed by atoms with E-state index in [9.17, 15) is 9.59 Å². The van der Waals surface area contributed by atoms with Crippen molar-refractivity contribution in [2.75, 3.05) is 13.1 Å². The van der Waals surface area contributed by atoms with Gasteiger partial charge in [0.2, 0.25) is 5.91 Å². The third-order valence-electron chi connectivity index (χ3n) is 2.25. The van der Waals surface area contributed by atoms with Gasteiger partial charge in [0.15, 0.2) is 0 Å². The number of hydrogen-bond acceptors (Lipinski definition) is 3. The molecule has 0 saturated carbocycles.